The Morgan fingerprint density at radius 3 is 2.39 bits per heavy atom. The minimum Gasteiger partial charge on any atom is -0.342 e. The van der Waals surface area contributed by atoms with Gasteiger partial charge in [0.15, 0.2) is 0 Å². The molecule has 0 fully saturated rings. The number of rotatable bonds is 6. The van der Waals surface area contributed by atoms with Crippen LogP contribution in [0.4, 0.5) is 5.69 Å². The van der Waals surface area contributed by atoms with E-state index in [1.165, 1.54) is 0 Å². The molecule has 3 aromatic carbocycles. The van der Waals surface area contributed by atoms with Gasteiger partial charge in [-0.1, -0.05) is 46.3 Å². The minimum absolute atomic E-state index is 0.0808. The van der Waals surface area contributed by atoms with Crippen LogP contribution in [0.2, 0.25) is 0 Å². The predicted octanol–water partition coefficient (Wildman–Crippen LogP) is 4.93. The summed E-state index contributed by atoms with van der Waals surface area (Å²) in [5.41, 5.74) is 2.90. The number of carbonyl (C=O) groups is 2. The van der Waals surface area contributed by atoms with E-state index in [9.17, 15) is 9.59 Å². The first-order valence-corrected chi connectivity index (χ1v) is 10.7. The number of carbonyl (C=O) groups excluding carboxylic acids is 2. The molecule has 0 radical (unpaired) electrons. The van der Waals surface area contributed by atoms with Gasteiger partial charge in [-0.3, -0.25) is 9.59 Å². The summed E-state index contributed by atoms with van der Waals surface area (Å²) in [5, 5.41) is 5.89. The van der Waals surface area contributed by atoms with Crippen LogP contribution >= 0.6 is 15.9 Å². The van der Waals surface area contributed by atoms with Crippen LogP contribution < -0.4 is 10.6 Å². The Morgan fingerprint density at radius 2 is 1.65 bits per heavy atom. The van der Waals surface area contributed by atoms with Gasteiger partial charge in [-0.2, -0.15) is 0 Å². The van der Waals surface area contributed by atoms with E-state index < -0.39 is 0 Å². The molecule has 0 spiro atoms. The zero-order valence-corrected chi connectivity index (χ0v) is 18.5. The fraction of sp³-hybridized carbons (Fsp3) is 0.125. The van der Waals surface area contributed by atoms with Crippen LogP contribution in [0.5, 0.6) is 0 Å². The van der Waals surface area contributed by atoms with E-state index in [4.69, 9.17) is 4.98 Å². The normalized spacial score (nSPS) is 11.8. The molecule has 2 N–H and O–H groups in total. The number of benzene rings is 3. The van der Waals surface area contributed by atoms with Crippen molar-refractivity contribution >= 4 is 44.5 Å². The van der Waals surface area contributed by atoms with Crippen LogP contribution in [0, 0.1) is 0 Å². The summed E-state index contributed by atoms with van der Waals surface area (Å²) >= 11 is 3.39. The molecule has 6 nitrogen and oxygen atoms in total. The topological polar surface area (TPSA) is 76.0 Å². The number of hydrogen-bond donors (Lipinski definition) is 2. The molecule has 0 aliphatic heterocycles. The van der Waals surface area contributed by atoms with Gasteiger partial charge in [-0.15, -0.1) is 0 Å². The molecule has 1 atom stereocenters. The van der Waals surface area contributed by atoms with Gasteiger partial charge in [0.05, 0.1) is 17.1 Å². The highest BCUT2D eigenvalue weighted by molar-refractivity contribution is 9.10. The van der Waals surface area contributed by atoms with E-state index in [-0.39, 0.29) is 24.4 Å². The second kappa shape index (κ2) is 9.14. The Balaban J connectivity index is 1.58. The molecular formula is C24H21BrN4O2. The lowest BCUT2D eigenvalue weighted by molar-refractivity contribution is -0.116. The summed E-state index contributed by atoms with van der Waals surface area (Å²) in [6, 6.07) is 23.7. The number of anilines is 1. The minimum atomic E-state index is -0.388. The number of nitrogens with zero attached hydrogens (tertiary/aromatic N) is 2. The number of hydrogen-bond acceptors (Lipinski definition) is 3. The molecule has 1 heterocycles. The van der Waals surface area contributed by atoms with Gasteiger partial charge in [-0.25, -0.2) is 4.98 Å². The van der Waals surface area contributed by atoms with E-state index in [2.05, 4.69) is 26.6 Å². The molecule has 1 unspecified atom stereocenters. The van der Waals surface area contributed by atoms with E-state index >= 15 is 0 Å². The number of amides is 2. The van der Waals surface area contributed by atoms with Crippen LogP contribution in [0.15, 0.2) is 83.3 Å². The molecule has 0 aliphatic rings. The maximum Gasteiger partial charge on any atom is 0.251 e. The van der Waals surface area contributed by atoms with Crippen molar-refractivity contribution in [2.24, 2.45) is 0 Å². The lowest BCUT2D eigenvalue weighted by Gasteiger charge is -2.16. The lowest BCUT2D eigenvalue weighted by atomic mass is 10.2. The molecule has 0 aliphatic carbocycles. The predicted molar refractivity (Wildman–Crippen MR) is 125 cm³/mol. The van der Waals surface area contributed by atoms with Gasteiger partial charge < -0.3 is 15.2 Å². The van der Waals surface area contributed by atoms with Crippen molar-refractivity contribution < 1.29 is 9.59 Å². The molecule has 1 aromatic heterocycles. The third-order valence-corrected chi connectivity index (χ3v) is 5.41. The maximum atomic E-state index is 12.8. The lowest BCUT2D eigenvalue weighted by Crippen LogP contribution is -2.30. The van der Waals surface area contributed by atoms with Crippen LogP contribution in [0.1, 0.15) is 29.1 Å². The summed E-state index contributed by atoms with van der Waals surface area (Å²) in [4.78, 5) is 30.1. The van der Waals surface area contributed by atoms with Gasteiger partial charge in [-0.05, 0) is 55.5 Å². The average molecular weight is 477 g/mol. The third kappa shape index (κ3) is 4.83. The van der Waals surface area contributed by atoms with Crippen molar-refractivity contribution in [2.75, 3.05) is 5.32 Å². The second-order valence-electron chi connectivity index (χ2n) is 7.16. The largest absolute Gasteiger partial charge is 0.342 e. The van der Waals surface area contributed by atoms with Crippen molar-refractivity contribution in [1.29, 1.82) is 0 Å². The number of imidazole rings is 1. The number of halogens is 1. The molecule has 31 heavy (non-hydrogen) atoms. The van der Waals surface area contributed by atoms with E-state index in [1.807, 2.05) is 78.2 Å². The molecule has 4 aromatic rings. The van der Waals surface area contributed by atoms with Gasteiger partial charge in [0.25, 0.3) is 5.91 Å². The molecule has 0 saturated heterocycles. The SMILES string of the molecule is CC(NC(=O)c1ccccc1)c1nc2ccccc2n1CC(=O)Nc1ccc(Br)cc1. The van der Waals surface area contributed by atoms with E-state index in [0.29, 0.717) is 17.1 Å². The zero-order chi connectivity index (χ0) is 21.8. The van der Waals surface area contributed by atoms with Gasteiger partial charge in [0.1, 0.15) is 12.4 Å². The number of para-hydroxylation sites is 2. The first kappa shape index (κ1) is 20.8. The van der Waals surface area contributed by atoms with Crippen molar-refractivity contribution in [3.63, 3.8) is 0 Å². The van der Waals surface area contributed by atoms with Gasteiger partial charge >= 0.3 is 0 Å². The second-order valence-corrected chi connectivity index (χ2v) is 8.08. The molecular weight excluding hydrogens is 456 g/mol. The van der Waals surface area contributed by atoms with Crippen LogP contribution in [0.3, 0.4) is 0 Å². The fourth-order valence-corrected chi connectivity index (χ4v) is 3.67. The maximum absolute atomic E-state index is 12.8. The molecule has 0 bridgehead atoms. The number of aromatic nitrogens is 2. The molecule has 4 rings (SSSR count). The summed E-state index contributed by atoms with van der Waals surface area (Å²) in [6.07, 6.45) is 0. The van der Waals surface area contributed by atoms with Crippen molar-refractivity contribution in [3.8, 4) is 0 Å². The van der Waals surface area contributed by atoms with E-state index in [0.717, 1.165) is 15.5 Å². The fourth-order valence-electron chi connectivity index (χ4n) is 3.40. The van der Waals surface area contributed by atoms with E-state index in [1.54, 1.807) is 12.1 Å². The van der Waals surface area contributed by atoms with Gasteiger partial charge in [0, 0.05) is 15.7 Å². The highest BCUT2D eigenvalue weighted by Gasteiger charge is 2.20. The summed E-state index contributed by atoms with van der Waals surface area (Å²) < 4.78 is 2.79. The molecule has 2 amide bonds. The summed E-state index contributed by atoms with van der Waals surface area (Å²) in [7, 11) is 0. The first-order valence-electron chi connectivity index (χ1n) is 9.88. The quantitative estimate of drug-likeness (QED) is 0.414. The first-order chi connectivity index (χ1) is 15.0. The van der Waals surface area contributed by atoms with Crippen molar-refractivity contribution in [3.05, 3.63) is 94.7 Å². The smallest absolute Gasteiger partial charge is 0.251 e. The number of fused-ring (bicyclic) bond motifs is 1. The Hall–Kier alpha value is -3.45. The monoisotopic (exact) mass is 476 g/mol. The van der Waals surface area contributed by atoms with Crippen molar-refractivity contribution in [2.45, 2.75) is 19.5 Å². The Kier molecular flexibility index (Phi) is 6.13. The highest BCUT2D eigenvalue weighted by Crippen LogP contribution is 2.22. The average Bonchev–Trinajstić information content (AvgIpc) is 3.14. The van der Waals surface area contributed by atoms with Crippen LogP contribution in [-0.4, -0.2) is 21.4 Å². The van der Waals surface area contributed by atoms with Crippen LogP contribution in [0.25, 0.3) is 11.0 Å². The zero-order valence-electron chi connectivity index (χ0n) is 16.9. The summed E-state index contributed by atoms with van der Waals surface area (Å²) in [6.45, 7) is 1.95. The highest BCUT2D eigenvalue weighted by atomic mass is 79.9. The molecule has 7 heteroatoms. The van der Waals surface area contributed by atoms with Crippen molar-refractivity contribution in [1.82, 2.24) is 14.9 Å². The molecule has 156 valence electrons. The van der Waals surface area contributed by atoms with Gasteiger partial charge in [0.2, 0.25) is 5.91 Å². The Labute approximate surface area is 188 Å². The standard InChI is InChI=1S/C24H21BrN4O2/c1-16(26-24(31)17-7-3-2-4-8-17)23-28-20-9-5-6-10-21(20)29(23)15-22(30)27-19-13-11-18(25)12-14-19/h2-14,16H,15H2,1H3,(H,26,31)(H,27,30). The Bertz CT molecular complexity index is 1220. The Morgan fingerprint density at radius 1 is 0.968 bits per heavy atom. The van der Waals surface area contributed by atoms with Crippen LogP contribution in [-0.2, 0) is 11.3 Å². The summed E-state index contributed by atoms with van der Waals surface area (Å²) in [5.74, 6) is 0.260. The third-order valence-electron chi connectivity index (χ3n) is 4.88. The molecule has 0 saturated carbocycles. The number of nitrogens with one attached hydrogen (secondary N) is 2.